The van der Waals surface area contributed by atoms with Crippen LogP contribution in [0.5, 0.6) is 0 Å². The SMILES string of the molecule is CC.CCC(=S)c1ccccc1NC=S. The lowest BCUT2D eigenvalue weighted by Crippen LogP contribution is -2.02. The summed E-state index contributed by atoms with van der Waals surface area (Å²) in [6.45, 7) is 6.05. The normalized spacial score (nSPS) is 8.47. The van der Waals surface area contributed by atoms with E-state index in [2.05, 4.69) is 12.2 Å². The maximum absolute atomic E-state index is 5.24. The molecule has 0 bridgehead atoms. The second-order valence-corrected chi connectivity index (χ2v) is 3.31. The van der Waals surface area contributed by atoms with Gasteiger partial charge in [-0.1, -0.05) is 63.4 Å². The molecule has 0 unspecified atom stereocenters. The first kappa shape index (κ1) is 14.2. The van der Waals surface area contributed by atoms with Crippen LogP contribution in [-0.2, 0) is 0 Å². The monoisotopic (exact) mass is 239 g/mol. The van der Waals surface area contributed by atoms with E-state index in [-0.39, 0.29) is 0 Å². The Morgan fingerprint density at radius 1 is 1.33 bits per heavy atom. The molecule has 1 N–H and O–H groups in total. The summed E-state index contributed by atoms with van der Waals surface area (Å²) >= 11 is 9.97. The van der Waals surface area contributed by atoms with Crippen molar-refractivity contribution in [2.75, 3.05) is 5.32 Å². The summed E-state index contributed by atoms with van der Waals surface area (Å²) in [5.74, 6) is 0. The highest BCUT2D eigenvalue weighted by atomic mass is 32.1. The third-order valence-electron chi connectivity index (χ3n) is 1.76. The summed E-state index contributed by atoms with van der Waals surface area (Å²) in [6.07, 6.45) is 0.880. The molecule has 3 heteroatoms. The van der Waals surface area contributed by atoms with Crippen LogP contribution < -0.4 is 5.32 Å². The minimum Gasteiger partial charge on any atom is -0.352 e. The number of anilines is 1. The molecule has 0 amide bonds. The number of para-hydroxylation sites is 1. The molecular weight excluding hydrogens is 222 g/mol. The molecule has 0 aliphatic carbocycles. The Kier molecular flexibility index (Phi) is 8.05. The van der Waals surface area contributed by atoms with E-state index >= 15 is 0 Å². The Morgan fingerprint density at radius 2 is 1.93 bits per heavy atom. The van der Waals surface area contributed by atoms with Crippen LogP contribution in [0.2, 0.25) is 0 Å². The van der Waals surface area contributed by atoms with Gasteiger partial charge in [0, 0.05) is 16.1 Å². The van der Waals surface area contributed by atoms with Gasteiger partial charge in [-0.3, -0.25) is 0 Å². The van der Waals surface area contributed by atoms with Gasteiger partial charge in [-0.05, 0) is 12.5 Å². The summed E-state index contributed by atoms with van der Waals surface area (Å²) in [4.78, 5) is 0.958. The summed E-state index contributed by atoms with van der Waals surface area (Å²) < 4.78 is 0. The van der Waals surface area contributed by atoms with Gasteiger partial charge >= 0.3 is 0 Å². The molecule has 15 heavy (non-hydrogen) atoms. The molecular formula is C12H17NS2. The van der Waals surface area contributed by atoms with E-state index in [1.165, 1.54) is 5.49 Å². The average Bonchev–Trinajstić information content (AvgIpc) is 2.32. The van der Waals surface area contributed by atoms with Crippen LogP contribution in [-0.4, -0.2) is 10.4 Å². The first-order chi connectivity index (χ1) is 7.29. The van der Waals surface area contributed by atoms with Gasteiger partial charge in [-0.2, -0.15) is 0 Å². The van der Waals surface area contributed by atoms with Gasteiger partial charge in [0.15, 0.2) is 0 Å². The molecule has 0 aliphatic rings. The quantitative estimate of drug-likeness (QED) is 0.624. The number of thiocarbonyl (C=S) groups is 2. The molecule has 0 heterocycles. The summed E-state index contributed by atoms with van der Waals surface area (Å²) in [5, 5.41) is 2.99. The Balaban J connectivity index is 0.000000921. The van der Waals surface area contributed by atoms with Crippen molar-refractivity contribution in [3.05, 3.63) is 29.8 Å². The molecule has 0 atom stereocenters. The fourth-order valence-electron chi connectivity index (χ4n) is 1.11. The molecule has 0 radical (unpaired) electrons. The van der Waals surface area contributed by atoms with Crippen LogP contribution in [0, 0.1) is 0 Å². The molecule has 0 saturated heterocycles. The molecule has 1 aromatic carbocycles. The van der Waals surface area contributed by atoms with Crippen LogP contribution in [0.25, 0.3) is 0 Å². The van der Waals surface area contributed by atoms with Crippen molar-refractivity contribution < 1.29 is 0 Å². The maximum atomic E-state index is 5.24. The lowest BCUT2D eigenvalue weighted by molar-refractivity contribution is 1.31. The van der Waals surface area contributed by atoms with Crippen LogP contribution in [0.1, 0.15) is 32.8 Å². The second-order valence-electron chi connectivity index (χ2n) is 2.58. The molecule has 0 fully saturated rings. The van der Waals surface area contributed by atoms with Gasteiger partial charge in [-0.25, -0.2) is 0 Å². The third kappa shape index (κ3) is 4.49. The lowest BCUT2D eigenvalue weighted by Gasteiger charge is -2.07. The second kappa shape index (κ2) is 8.50. The smallest absolute Gasteiger partial charge is 0.0659 e. The molecule has 0 spiro atoms. The topological polar surface area (TPSA) is 12.0 Å². The Hall–Kier alpha value is -0.800. The number of rotatable bonds is 4. The number of hydrogen-bond donors (Lipinski definition) is 1. The molecule has 1 aromatic rings. The summed E-state index contributed by atoms with van der Waals surface area (Å²) in [7, 11) is 0. The fourth-order valence-corrected chi connectivity index (χ4v) is 1.41. The average molecular weight is 239 g/mol. The highest BCUT2D eigenvalue weighted by Crippen LogP contribution is 2.16. The van der Waals surface area contributed by atoms with Crippen LogP contribution >= 0.6 is 24.4 Å². The van der Waals surface area contributed by atoms with Crippen molar-refractivity contribution in [3.63, 3.8) is 0 Å². The standard InChI is InChI=1S/C10H11NS2.C2H6/c1-2-10(13)8-5-3-4-6-9(8)11-7-12;1-2/h3-7H,2H2,1H3,(H,11,12);1-2H3. The van der Waals surface area contributed by atoms with Crippen molar-refractivity contribution >= 4 is 40.5 Å². The highest BCUT2D eigenvalue weighted by Gasteiger charge is 2.03. The maximum Gasteiger partial charge on any atom is 0.0659 e. The number of hydrogen-bond acceptors (Lipinski definition) is 2. The summed E-state index contributed by atoms with van der Waals surface area (Å²) in [5.41, 5.74) is 3.56. The van der Waals surface area contributed by atoms with Crippen LogP contribution in [0.15, 0.2) is 24.3 Å². The highest BCUT2D eigenvalue weighted by molar-refractivity contribution is 7.80. The molecule has 1 rings (SSSR count). The van der Waals surface area contributed by atoms with Crippen molar-refractivity contribution in [2.24, 2.45) is 0 Å². The third-order valence-corrected chi connectivity index (χ3v) is 2.39. The Labute approximate surface area is 103 Å². The van der Waals surface area contributed by atoms with Crippen LogP contribution in [0.3, 0.4) is 0 Å². The van der Waals surface area contributed by atoms with Gasteiger partial charge in [0.25, 0.3) is 0 Å². The zero-order valence-electron chi connectivity index (χ0n) is 9.41. The largest absolute Gasteiger partial charge is 0.352 e. The van der Waals surface area contributed by atoms with E-state index in [0.29, 0.717) is 0 Å². The molecule has 1 nitrogen and oxygen atoms in total. The minimum absolute atomic E-state index is 0.880. The van der Waals surface area contributed by atoms with Crippen molar-refractivity contribution in [2.45, 2.75) is 27.2 Å². The molecule has 0 saturated carbocycles. The van der Waals surface area contributed by atoms with E-state index in [4.69, 9.17) is 24.4 Å². The van der Waals surface area contributed by atoms with Crippen molar-refractivity contribution in [1.29, 1.82) is 0 Å². The van der Waals surface area contributed by atoms with Gasteiger partial charge in [0.05, 0.1) is 5.49 Å². The predicted octanol–water partition coefficient (Wildman–Crippen LogP) is 4.21. The fraction of sp³-hybridized carbons (Fsp3) is 0.333. The van der Waals surface area contributed by atoms with E-state index in [1.807, 2.05) is 38.1 Å². The molecule has 82 valence electrons. The van der Waals surface area contributed by atoms with E-state index < -0.39 is 0 Å². The number of benzene rings is 1. The van der Waals surface area contributed by atoms with Crippen molar-refractivity contribution in [3.8, 4) is 0 Å². The first-order valence-electron chi connectivity index (χ1n) is 5.12. The van der Waals surface area contributed by atoms with E-state index in [9.17, 15) is 0 Å². The first-order valence-corrected chi connectivity index (χ1v) is 6.00. The Morgan fingerprint density at radius 3 is 2.47 bits per heavy atom. The molecule has 0 aliphatic heterocycles. The Bertz CT molecular complexity index is 321. The number of nitrogens with one attached hydrogen (secondary N) is 1. The van der Waals surface area contributed by atoms with E-state index in [1.54, 1.807) is 0 Å². The van der Waals surface area contributed by atoms with Crippen molar-refractivity contribution in [1.82, 2.24) is 0 Å². The van der Waals surface area contributed by atoms with Gasteiger partial charge < -0.3 is 5.32 Å². The summed E-state index contributed by atoms with van der Waals surface area (Å²) in [6, 6.07) is 7.92. The predicted molar refractivity (Wildman–Crippen MR) is 77.1 cm³/mol. The zero-order chi connectivity index (χ0) is 11.7. The van der Waals surface area contributed by atoms with E-state index in [0.717, 1.165) is 22.5 Å². The van der Waals surface area contributed by atoms with Gasteiger partial charge in [-0.15, -0.1) is 0 Å². The minimum atomic E-state index is 0.880. The molecule has 0 aromatic heterocycles. The van der Waals surface area contributed by atoms with Gasteiger partial charge in [0.2, 0.25) is 0 Å². The van der Waals surface area contributed by atoms with Crippen LogP contribution in [0.4, 0.5) is 5.69 Å². The van der Waals surface area contributed by atoms with Gasteiger partial charge in [0.1, 0.15) is 0 Å². The lowest BCUT2D eigenvalue weighted by atomic mass is 10.1. The zero-order valence-corrected chi connectivity index (χ0v) is 11.0.